The summed E-state index contributed by atoms with van der Waals surface area (Å²) in [4.78, 5) is 22.3. The smallest absolute Gasteiger partial charge is 0.307 e. The van der Waals surface area contributed by atoms with E-state index >= 15 is 0 Å². The fourth-order valence-corrected chi connectivity index (χ4v) is 1.81. The zero-order valence-corrected chi connectivity index (χ0v) is 11.7. The van der Waals surface area contributed by atoms with Crippen molar-refractivity contribution >= 4 is 11.9 Å². The van der Waals surface area contributed by atoms with Crippen molar-refractivity contribution in [2.75, 3.05) is 0 Å². The lowest BCUT2D eigenvalue weighted by Crippen LogP contribution is -2.30. The highest BCUT2D eigenvalue weighted by atomic mass is 16.5. The van der Waals surface area contributed by atoms with Crippen molar-refractivity contribution < 1.29 is 18.7 Å². The average Bonchev–Trinajstić information content (AvgIpc) is 2.95. The second kappa shape index (κ2) is 6.74. The first-order valence-corrected chi connectivity index (χ1v) is 6.69. The summed E-state index contributed by atoms with van der Waals surface area (Å²) < 4.78 is 10.5. The molecule has 2 rings (SSSR count). The van der Waals surface area contributed by atoms with E-state index in [1.807, 2.05) is 42.5 Å². The minimum Gasteiger partial charge on any atom is -0.461 e. The van der Waals surface area contributed by atoms with Gasteiger partial charge in [-0.25, -0.2) is 0 Å². The minimum atomic E-state index is -0.908. The zero-order valence-electron chi connectivity index (χ0n) is 11.7. The molecule has 21 heavy (non-hydrogen) atoms. The van der Waals surface area contributed by atoms with Crippen molar-refractivity contribution in [1.82, 2.24) is 0 Å². The van der Waals surface area contributed by atoms with E-state index < -0.39 is 18.0 Å². The Kier molecular flexibility index (Phi) is 4.77. The third kappa shape index (κ3) is 4.21. The number of rotatable bonds is 6. The summed E-state index contributed by atoms with van der Waals surface area (Å²) in [5, 5.41) is 0. The normalized spacial score (nSPS) is 11.9. The van der Waals surface area contributed by atoms with Gasteiger partial charge >= 0.3 is 5.97 Å². The number of esters is 1. The average molecular weight is 287 g/mol. The summed E-state index contributed by atoms with van der Waals surface area (Å²) in [6.45, 7) is 1.45. The van der Waals surface area contributed by atoms with Crippen LogP contribution in [-0.4, -0.2) is 18.0 Å². The molecule has 1 heterocycles. The van der Waals surface area contributed by atoms with Crippen LogP contribution in [0, 0.1) is 0 Å². The van der Waals surface area contributed by atoms with Crippen LogP contribution in [0.3, 0.4) is 0 Å². The molecule has 0 aliphatic carbocycles. The monoisotopic (exact) mass is 287 g/mol. The van der Waals surface area contributed by atoms with E-state index in [0.717, 1.165) is 11.3 Å². The summed E-state index contributed by atoms with van der Waals surface area (Å²) >= 11 is 0. The molecule has 0 unspecified atom stereocenters. The fourth-order valence-electron chi connectivity index (χ4n) is 1.81. The third-order valence-electron chi connectivity index (χ3n) is 3.00. The first-order valence-electron chi connectivity index (χ1n) is 6.69. The number of primary amides is 1. The second-order valence-electron chi connectivity index (χ2n) is 4.67. The fraction of sp³-hybridized carbons (Fsp3) is 0.250. The van der Waals surface area contributed by atoms with Crippen LogP contribution in [0.1, 0.15) is 19.1 Å². The molecule has 1 atom stereocenters. The Morgan fingerprint density at radius 1 is 1.19 bits per heavy atom. The van der Waals surface area contributed by atoms with Gasteiger partial charge in [0.1, 0.15) is 11.5 Å². The summed E-state index contributed by atoms with van der Waals surface area (Å²) in [7, 11) is 0. The van der Waals surface area contributed by atoms with Crippen LogP contribution in [0.2, 0.25) is 0 Å². The molecule has 110 valence electrons. The largest absolute Gasteiger partial charge is 0.461 e. The molecule has 1 amide bonds. The predicted octanol–water partition coefficient (Wildman–Crippen LogP) is 2.30. The topological polar surface area (TPSA) is 82.5 Å². The van der Waals surface area contributed by atoms with E-state index in [-0.39, 0.29) is 6.42 Å². The van der Waals surface area contributed by atoms with Crippen LogP contribution in [0.15, 0.2) is 46.9 Å². The van der Waals surface area contributed by atoms with Crippen molar-refractivity contribution in [3.8, 4) is 11.3 Å². The lowest BCUT2D eigenvalue weighted by Gasteiger charge is -2.08. The number of hydrogen-bond donors (Lipinski definition) is 1. The van der Waals surface area contributed by atoms with Gasteiger partial charge < -0.3 is 14.9 Å². The van der Waals surface area contributed by atoms with Gasteiger partial charge in [-0.05, 0) is 19.1 Å². The van der Waals surface area contributed by atoms with E-state index in [0.29, 0.717) is 12.2 Å². The van der Waals surface area contributed by atoms with E-state index in [4.69, 9.17) is 14.9 Å². The summed E-state index contributed by atoms with van der Waals surface area (Å²) in [5.74, 6) is 0.314. The van der Waals surface area contributed by atoms with Gasteiger partial charge in [-0.2, -0.15) is 0 Å². The molecule has 0 radical (unpaired) electrons. The third-order valence-corrected chi connectivity index (χ3v) is 3.00. The van der Waals surface area contributed by atoms with Crippen LogP contribution in [0.25, 0.3) is 11.3 Å². The molecular weight excluding hydrogens is 270 g/mol. The molecule has 0 fully saturated rings. The van der Waals surface area contributed by atoms with E-state index in [1.165, 1.54) is 6.92 Å². The number of furan rings is 1. The summed E-state index contributed by atoms with van der Waals surface area (Å²) in [6, 6.07) is 13.4. The van der Waals surface area contributed by atoms with Gasteiger partial charge in [-0.15, -0.1) is 0 Å². The maximum absolute atomic E-state index is 11.5. The van der Waals surface area contributed by atoms with Crippen LogP contribution < -0.4 is 5.73 Å². The minimum absolute atomic E-state index is 0.138. The number of amides is 1. The molecule has 0 aliphatic heterocycles. The second-order valence-corrected chi connectivity index (χ2v) is 4.67. The predicted molar refractivity (Wildman–Crippen MR) is 77.2 cm³/mol. The Morgan fingerprint density at radius 3 is 2.57 bits per heavy atom. The van der Waals surface area contributed by atoms with Crippen molar-refractivity contribution in [3.05, 3.63) is 48.2 Å². The lowest BCUT2D eigenvalue weighted by atomic mass is 10.2. The van der Waals surface area contributed by atoms with Gasteiger partial charge in [0.25, 0.3) is 5.91 Å². The number of carbonyl (C=O) groups excluding carboxylic acids is 2. The van der Waals surface area contributed by atoms with Crippen LogP contribution in [-0.2, 0) is 20.7 Å². The molecule has 0 aliphatic rings. The maximum atomic E-state index is 11.5. The molecule has 5 nitrogen and oxygen atoms in total. The van der Waals surface area contributed by atoms with Gasteiger partial charge in [-0.1, -0.05) is 30.3 Å². The number of benzene rings is 1. The summed E-state index contributed by atoms with van der Waals surface area (Å²) in [5.41, 5.74) is 6.00. The molecule has 2 aromatic rings. The molecule has 1 aromatic carbocycles. The first-order chi connectivity index (χ1) is 10.1. The van der Waals surface area contributed by atoms with Gasteiger partial charge in [0.05, 0.1) is 6.42 Å². The van der Waals surface area contributed by atoms with E-state index in [9.17, 15) is 9.59 Å². The van der Waals surface area contributed by atoms with Crippen molar-refractivity contribution in [2.45, 2.75) is 25.9 Å². The number of ether oxygens (including phenoxy) is 1. The Bertz CT molecular complexity index is 618. The van der Waals surface area contributed by atoms with Crippen molar-refractivity contribution in [1.29, 1.82) is 0 Å². The van der Waals surface area contributed by atoms with Crippen LogP contribution in [0.4, 0.5) is 0 Å². The van der Waals surface area contributed by atoms with Gasteiger partial charge in [0.15, 0.2) is 6.10 Å². The van der Waals surface area contributed by atoms with E-state index in [2.05, 4.69) is 0 Å². The highest BCUT2D eigenvalue weighted by Crippen LogP contribution is 2.22. The van der Waals surface area contributed by atoms with Gasteiger partial charge in [0.2, 0.25) is 0 Å². The number of nitrogens with two attached hydrogens (primary N) is 1. The lowest BCUT2D eigenvalue weighted by molar-refractivity contribution is -0.153. The van der Waals surface area contributed by atoms with Crippen molar-refractivity contribution in [3.63, 3.8) is 0 Å². The molecule has 0 spiro atoms. The Labute approximate surface area is 122 Å². The van der Waals surface area contributed by atoms with Crippen LogP contribution >= 0.6 is 0 Å². The number of hydrogen-bond acceptors (Lipinski definition) is 4. The molecular formula is C16H17NO4. The zero-order chi connectivity index (χ0) is 15.2. The standard InChI is InChI=1S/C16H17NO4/c1-11(16(17)19)20-15(18)10-8-13-7-9-14(21-13)12-5-3-2-4-6-12/h2-7,9,11H,8,10H2,1H3,(H2,17,19)/t11-/m1/s1. The Balaban J connectivity index is 1.89. The molecule has 2 N–H and O–H groups in total. The number of aryl methyl sites for hydroxylation is 1. The Hall–Kier alpha value is -2.56. The molecule has 0 saturated carbocycles. The first kappa shape index (κ1) is 14.8. The summed E-state index contributed by atoms with van der Waals surface area (Å²) in [6.07, 6.45) is -0.356. The van der Waals surface area contributed by atoms with Crippen LogP contribution in [0.5, 0.6) is 0 Å². The van der Waals surface area contributed by atoms with Gasteiger partial charge in [0, 0.05) is 12.0 Å². The molecule has 0 bridgehead atoms. The SMILES string of the molecule is C[C@@H](OC(=O)CCc1ccc(-c2ccccc2)o1)C(N)=O. The number of carbonyl (C=O) groups is 2. The molecule has 1 aromatic heterocycles. The molecule has 5 heteroatoms. The maximum Gasteiger partial charge on any atom is 0.307 e. The highest BCUT2D eigenvalue weighted by Gasteiger charge is 2.15. The quantitative estimate of drug-likeness (QED) is 0.826. The Morgan fingerprint density at radius 2 is 1.90 bits per heavy atom. The van der Waals surface area contributed by atoms with Crippen molar-refractivity contribution in [2.24, 2.45) is 5.73 Å². The van der Waals surface area contributed by atoms with E-state index in [1.54, 1.807) is 0 Å². The van der Waals surface area contributed by atoms with Gasteiger partial charge in [-0.3, -0.25) is 9.59 Å². The highest BCUT2D eigenvalue weighted by molar-refractivity contribution is 5.81. The molecule has 0 saturated heterocycles.